The number of halogens is 3. The molecule has 8 heteroatoms. The third-order valence-corrected chi connectivity index (χ3v) is 2.79. The summed E-state index contributed by atoms with van der Waals surface area (Å²) in [5.74, 6) is 0.590. The lowest BCUT2D eigenvalue weighted by Crippen LogP contribution is -2.26. The van der Waals surface area contributed by atoms with Gasteiger partial charge in [0.15, 0.2) is 0 Å². The first-order valence-electron chi connectivity index (χ1n) is 5.81. The molecule has 0 aromatic heterocycles. The lowest BCUT2D eigenvalue weighted by atomic mass is 10.1. The van der Waals surface area contributed by atoms with Crippen molar-refractivity contribution in [2.24, 2.45) is 11.0 Å². The average molecular weight is 304 g/mol. The lowest BCUT2D eigenvalue weighted by molar-refractivity contribution is -0.108. The van der Waals surface area contributed by atoms with Gasteiger partial charge in [-0.05, 0) is 24.3 Å². The van der Waals surface area contributed by atoms with E-state index in [1.165, 1.54) is 12.1 Å². The largest absolute Gasteiger partial charge is 0.487 e. The van der Waals surface area contributed by atoms with Gasteiger partial charge in [-0.3, -0.25) is 9.80 Å². The quantitative estimate of drug-likeness (QED) is 0.686. The number of carbonyl (C=O) groups is 1. The van der Waals surface area contributed by atoms with Gasteiger partial charge in [-0.25, -0.2) is 0 Å². The number of hydrogen-bond donors (Lipinski definition) is 1. The smallest absolute Gasteiger partial charge is 0.420 e. The zero-order valence-corrected chi connectivity index (χ0v) is 11.3. The highest BCUT2D eigenvalue weighted by Crippen LogP contribution is 2.28. The molecule has 0 saturated carbocycles. The molecular formula is C12H12ClF2N3O2. The molecule has 1 aromatic rings. The van der Waals surface area contributed by atoms with Crippen molar-refractivity contribution >= 4 is 29.5 Å². The van der Waals surface area contributed by atoms with E-state index < -0.39 is 5.57 Å². The number of ether oxygens (including phenoxy) is 1. The highest BCUT2D eigenvalue weighted by atomic mass is 35.5. The highest BCUT2D eigenvalue weighted by molar-refractivity contribution is 6.20. The molecule has 0 aliphatic carbocycles. The molecule has 1 amide bonds. The van der Waals surface area contributed by atoms with Gasteiger partial charge in [-0.2, -0.15) is 5.10 Å². The third kappa shape index (κ3) is 3.57. The fourth-order valence-electron chi connectivity index (χ4n) is 1.83. The van der Waals surface area contributed by atoms with Crippen molar-refractivity contribution in [1.82, 2.24) is 5.32 Å². The molecule has 1 aliphatic heterocycles. The van der Waals surface area contributed by atoms with E-state index in [-0.39, 0.29) is 11.7 Å². The number of hydrogen-bond acceptors (Lipinski definition) is 4. The number of nitrogens with one attached hydrogen (secondary N) is 1. The van der Waals surface area contributed by atoms with Crippen LogP contribution in [0.2, 0.25) is 0 Å². The average Bonchev–Trinajstić information content (AvgIpc) is 2.70. The van der Waals surface area contributed by atoms with Gasteiger partial charge >= 0.3 is 5.57 Å². The molecule has 1 aromatic carbocycles. The molecule has 1 aliphatic rings. The Kier molecular flexibility index (Phi) is 4.08. The summed E-state index contributed by atoms with van der Waals surface area (Å²) >= 11 is 4.68. The molecular weight excluding hydrogens is 292 g/mol. The fourth-order valence-corrected chi connectivity index (χ4v) is 1.92. The summed E-state index contributed by atoms with van der Waals surface area (Å²) in [6.07, 6.45) is 0.568. The Morgan fingerprint density at radius 3 is 2.70 bits per heavy atom. The van der Waals surface area contributed by atoms with Crippen LogP contribution in [0.25, 0.3) is 0 Å². The van der Waals surface area contributed by atoms with E-state index in [9.17, 15) is 13.6 Å². The number of nitrogens with zero attached hydrogens (tertiary/aromatic N) is 2. The number of hydrazone groups is 1. The number of carbonyl (C=O) groups excluding carboxylic acids is 1. The van der Waals surface area contributed by atoms with Gasteiger partial charge in [0.1, 0.15) is 11.6 Å². The van der Waals surface area contributed by atoms with Crippen molar-refractivity contribution in [1.29, 1.82) is 0 Å². The van der Waals surface area contributed by atoms with Crippen molar-refractivity contribution in [3.8, 4) is 5.75 Å². The molecule has 108 valence electrons. The van der Waals surface area contributed by atoms with Gasteiger partial charge in [0.25, 0.3) is 0 Å². The van der Waals surface area contributed by atoms with E-state index in [2.05, 4.69) is 26.8 Å². The number of anilines is 1. The van der Waals surface area contributed by atoms with Crippen LogP contribution in [0.5, 0.6) is 5.75 Å². The predicted octanol–water partition coefficient (Wildman–Crippen LogP) is 2.37. The fraction of sp³-hybridized carbons (Fsp3) is 0.333. The van der Waals surface area contributed by atoms with E-state index in [1.807, 2.05) is 6.92 Å². The summed E-state index contributed by atoms with van der Waals surface area (Å²) in [4.78, 5) is 10.4. The molecule has 20 heavy (non-hydrogen) atoms. The van der Waals surface area contributed by atoms with Gasteiger partial charge in [0.2, 0.25) is 6.41 Å². The molecule has 0 fully saturated rings. The summed E-state index contributed by atoms with van der Waals surface area (Å²) in [7, 11) is 0. The Balaban J connectivity index is 2.09. The number of benzene rings is 1. The minimum atomic E-state index is -3.73. The van der Waals surface area contributed by atoms with Crippen LogP contribution in [-0.2, 0) is 4.79 Å². The lowest BCUT2D eigenvalue weighted by Gasteiger charge is -2.15. The van der Waals surface area contributed by atoms with E-state index >= 15 is 0 Å². The SMILES string of the molecule is CC1CN(c2ccc(OC(F)(F)Cl)cc2)N=C1NC=O. The maximum atomic E-state index is 12.5. The maximum absolute atomic E-state index is 12.5. The summed E-state index contributed by atoms with van der Waals surface area (Å²) in [5.41, 5.74) is -3.03. The molecule has 0 spiro atoms. The van der Waals surface area contributed by atoms with Gasteiger partial charge in [-0.15, -0.1) is 8.78 Å². The van der Waals surface area contributed by atoms with Crippen molar-refractivity contribution < 1.29 is 18.3 Å². The highest BCUT2D eigenvalue weighted by Gasteiger charge is 2.28. The van der Waals surface area contributed by atoms with Crippen LogP contribution in [0.1, 0.15) is 6.92 Å². The number of amidine groups is 1. The van der Waals surface area contributed by atoms with Crippen LogP contribution in [0, 0.1) is 5.92 Å². The number of alkyl halides is 3. The molecule has 1 heterocycles. The molecule has 0 saturated heterocycles. The van der Waals surface area contributed by atoms with Crippen LogP contribution in [0.4, 0.5) is 14.5 Å². The monoisotopic (exact) mass is 303 g/mol. The topological polar surface area (TPSA) is 53.9 Å². The molecule has 1 N–H and O–H groups in total. The molecule has 1 unspecified atom stereocenters. The summed E-state index contributed by atoms with van der Waals surface area (Å²) in [5, 5.41) is 8.41. The summed E-state index contributed by atoms with van der Waals surface area (Å²) < 4.78 is 29.2. The Labute approximate surface area is 119 Å². The van der Waals surface area contributed by atoms with E-state index in [1.54, 1.807) is 17.1 Å². The molecule has 5 nitrogen and oxygen atoms in total. The van der Waals surface area contributed by atoms with Crippen molar-refractivity contribution in [3.63, 3.8) is 0 Å². The molecule has 2 rings (SSSR count). The summed E-state index contributed by atoms with van der Waals surface area (Å²) in [6.45, 7) is 2.50. The second-order valence-corrected chi connectivity index (χ2v) is 4.71. The predicted molar refractivity (Wildman–Crippen MR) is 71.0 cm³/mol. The first kappa shape index (κ1) is 14.5. The zero-order chi connectivity index (χ0) is 14.8. The second kappa shape index (κ2) is 5.62. The van der Waals surface area contributed by atoms with E-state index in [0.29, 0.717) is 24.5 Å². The van der Waals surface area contributed by atoms with Gasteiger partial charge in [0.05, 0.1) is 12.2 Å². The number of amides is 1. The Hall–Kier alpha value is -1.89. The number of rotatable bonds is 4. The second-order valence-electron chi connectivity index (χ2n) is 4.27. The standard InChI is InChI=1S/C12H12ClF2N3O2/c1-8-6-18(17-11(8)16-7-19)9-2-4-10(5-3-9)20-12(13,14)15/h2-5,7-8H,6H2,1H3,(H,16,17,19). The van der Waals surface area contributed by atoms with Crippen molar-refractivity contribution in [2.75, 3.05) is 11.6 Å². The maximum Gasteiger partial charge on any atom is 0.487 e. The molecule has 0 bridgehead atoms. The normalized spacial score (nSPS) is 18.7. The summed E-state index contributed by atoms with van der Waals surface area (Å²) in [6, 6.07) is 5.91. The van der Waals surface area contributed by atoms with Crippen LogP contribution in [0.15, 0.2) is 29.4 Å². The van der Waals surface area contributed by atoms with Gasteiger partial charge < -0.3 is 10.1 Å². The van der Waals surface area contributed by atoms with Crippen LogP contribution in [-0.4, -0.2) is 24.4 Å². The molecule has 1 atom stereocenters. The van der Waals surface area contributed by atoms with Crippen molar-refractivity contribution in [2.45, 2.75) is 12.5 Å². The minimum absolute atomic E-state index is 0.0452. The zero-order valence-electron chi connectivity index (χ0n) is 10.5. The Morgan fingerprint density at radius 1 is 1.50 bits per heavy atom. The first-order valence-corrected chi connectivity index (χ1v) is 6.19. The van der Waals surface area contributed by atoms with Crippen LogP contribution < -0.4 is 15.1 Å². The van der Waals surface area contributed by atoms with Gasteiger partial charge in [0, 0.05) is 17.5 Å². The Bertz CT molecular complexity index is 516. The van der Waals surface area contributed by atoms with Gasteiger partial charge in [-0.1, -0.05) is 6.92 Å². The molecule has 0 radical (unpaired) electrons. The van der Waals surface area contributed by atoms with Crippen molar-refractivity contribution in [3.05, 3.63) is 24.3 Å². The minimum Gasteiger partial charge on any atom is -0.420 e. The van der Waals surface area contributed by atoms with Crippen LogP contribution >= 0.6 is 11.6 Å². The first-order chi connectivity index (χ1) is 9.39. The third-order valence-electron chi connectivity index (χ3n) is 2.72. The Morgan fingerprint density at radius 2 is 2.15 bits per heavy atom. The van der Waals surface area contributed by atoms with Crippen LogP contribution in [0.3, 0.4) is 0 Å². The van der Waals surface area contributed by atoms with E-state index in [0.717, 1.165) is 0 Å². The van der Waals surface area contributed by atoms with E-state index in [4.69, 9.17) is 0 Å².